The number of rotatable bonds is 3. The van der Waals surface area contributed by atoms with Crippen LogP contribution in [0.2, 0.25) is 0 Å². The molecule has 102 valence electrons. The summed E-state index contributed by atoms with van der Waals surface area (Å²) < 4.78 is 27.9. The van der Waals surface area contributed by atoms with Gasteiger partial charge in [-0.15, -0.1) is 0 Å². The molecule has 19 heavy (non-hydrogen) atoms. The molecule has 6 nitrogen and oxygen atoms in total. The Labute approximate surface area is 111 Å². The van der Waals surface area contributed by atoms with E-state index in [0.29, 0.717) is 11.1 Å². The molecule has 7 heteroatoms. The summed E-state index contributed by atoms with van der Waals surface area (Å²) in [5.41, 5.74) is 1.31. The standard InChI is InChI=1S/C12H14N2O4S/c1-7-6-9(4-5-10(7)15)12-13-11(14-18-12)8(2)19(3,16)17/h4-6,8,15H,1-3H3. The van der Waals surface area contributed by atoms with Crippen molar-refractivity contribution >= 4 is 9.84 Å². The molecule has 1 aromatic carbocycles. The Morgan fingerprint density at radius 3 is 2.63 bits per heavy atom. The SMILES string of the molecule is Cc1cc(-c2nc(C(C)S(C)(=O)=O)no2)ccc1O. The van der Waals surface area contributed by atoms with Gasteiger partial charge in [0.1, 0.15) is 11.0 Å². The summed E-state index contributed by atoms with van der Waals surface area (Å²) in [7, 11) is -3.26. The van der Waals surface area contributed by atoms with Crippen LogP contribution in [-0.2, 0) is 9.84 Å². The van der Waals surface area contributed by atoms with Gasteiger partial charge in [-0.3, -0.25) is 0 Å². The van der Waals surface area contributed by atoms with Gasteiger partial charge in [0.15, 0.2) is 15.7 Å². The van der Waals surface area contributed by atoms with Crippen LogP contribution in [0.5, 0.6) is 5.75 Å². The highest BCUT2D eigenvalue weighted by Gasteiger charge is 2.23. The van der Waals surface area contributed by atoms with E-state index in [-0.39, 0.29) is 17.5 Å². The largest absolute Gasteiger partial charge is 0.508 e. The first kappa shape index (κ1) is 13.5. The highest BCUT2D eigenvalue weighted by molar-refractivity contribution is 7.90. The number of aromatic hydroxyl groups is 1. The van der Waals surface area contributed by atoms with E-state index in [9.17, 15) is 13.5 Å². The summed E-state index contributed by atoms with van der Waals surface area (Å²) in [6.45, 7) is 3.25. The second-order valence-corrected chi connectivity index (χ2v) is 6.80. The number of aryl methyl sites for hydroxylation is 1. The molecular weight excluding hydrogens is 268 g/mol. The van der Waals surface area contributed by atoms with Crippen molar-refractivity contribution in [3.8, 4) is 17.2 Å². The van der Waals surface area contributed by atoms with E-state index in [1.807, 2.05) is 0 Å². The van der Waals surface area contributed by atoms with Crippen molar-refractivity contribution in [3.05, 3.63) is 29.6 Å². The van der Waals surface area contributed by atoms with E-state index in [1.165, 1.54) is 13.0 Å². The van der Waals surface area contributed by atoms with E-state index in [1.54, 1.807) is 19.1 Å². The lowest BCUT2D eigenvalue weighted by Gasteiger charge is -2.02. The zero-order chi connectivity index (χ0) is 14.2. The molecule has 1 unspecified atom stereocenters. The van der Waals surface area contributed by atoms with Crippen LogP contribution in [0.3, 0.4) is 0 Å². The maximum atomic E-state index is 11.4. The van der Waals surface area contributed by atoms with Crippen molar-refractivity contribution in [2.75, 3.05) is 6.26 Å². The minimum absolute atomic E-state index is 0.128. The summed E-state index contributed by atoms with van der Waals surface area (Å²) in [6, 6.07) is 4.84. The molecule has 0 bridgehead atoms. The quantitative estimate of drug-likeness (QED) is 0.923. The first-order chi connectivity index (χ1) is 8.79. The van der Waals surface area contributed by atoms with Gasteiger partial charge < -0.3 is 9.63 Å². The Hall–Kier alpha value is -1.89. The molecule has 1 aromatic heterocycles. The molecule has 0 aliphatic carbocycles. The molecular formula is C12H14N2O4S. The van der Waals surface area contributed by atoms with Gasteiger partial charge in [-0.1, -0.05) is 5.16 Å². The van der Waals surface area contributed by atoms with E-state index in [0.717, 1.165) is 6.26 Å². The van der Waals surface area contributed by atoms with Crippen molar-refractivity contribution in [2.45, 2.75) is 19.1 Å². The molecule has 1 heterocycles. The van der Waals surface area contributed by atoms with Crippen LogP contribution >= 0.6 is 0 Å². The molecule has 0 aliphatic heterocycles. The third kappa shape index (κ3) is 2.76. The first-order valence-corrected chi connectivity index (χ1v) is 7.57. The minimum atomic E-state index is -3.26. The lowest BCUT2D eigenvalue weighted by atomic mass is 10.1. The second kappa shape index (κ2) is 4.65. The topological polar surface area (TPSA) is 93.3 Å². The van der Waals surface area contributed by atoms with Gasteiger partial charge in [0.2, 0.25) is 0 Å². The Morgan fingerprint density at radius 1 is 1.37 bits per heavy atom. The summed E-state index contributed by atoms with van der Waals surface area (Å²) in [4.78, 5) is 4.08. The summed E-state index contributed by atoms with van der Waals surface area (Å²) in [5.74, 6) is 0.532. The highest BCUT2D eigenvalue weighted by Crippen LogP contribution is 2.26. The fraction of sp³-hybridized carbons (Fsp3) is 0.333. The molecule has 2 aromatic rings. The smallest absolute Gasteiger partial charge is 0.257 e. The van der Waals surface area contributed by atoms with Crippen LogP contribution in [0, 0.1) is 6.92 Å². The number of aromatic nitrogens is 2. The molecule has 0 aliphatic rings. The van der Waals surface area contributed by atoms with Gasteiger partial charge in [0.25, 0.3) is 5.89 Å². The molecule has 0 saturated carbocycles. The van der Waals surface area contributed by atoms with Crippen LogP contribution in [0.15, 0.2) is 22.7 Å². The Morgan fingerprint density at radius 2 is 2.05 bits per heavy atom. The van der Waals surface area contributed by atoms with Gasteiger partial charge in [0, 0.05) is 11.8 Å². The molecule has 0 amide bonds. The van der Waals surface area contributed by atoms with Gasteiger partial charge in [-0.25, -0.2) is 8.42 Å². The summed E-state index contributed by atoms with van der Waals surface area (Å²) in [5, 5.41) is 12.3. The van der Waals surface area contributed by atoms with Gasteiger partial charge >= 0.3 is 0 Å². The van der Waals surface area contributed by atoms with E-state index in [2.05, 4.69) is 10.1 Å². The zero-order valence-corrected chi connectivity index (χ0v) is 11.6. The predicted molar refractivity (Wildman–Crippen MR) is 69.4 cm³/mol. The maximum Gasteiger partial charge on any atom is 0.257 e. The van der Waals surface area contributed by atoms with E-state index < -0.39 is 15.1 Å². The molecule has 0 saturated heterocycles. The Balaban J connectivity index is 2.38. The van der Waals surface area contributed by atoms with Gasteiger partial charge in [0.05, 0.1) is 0 Å². The van der Waals surface area contributed by atoms with Crippen LogP contribution in [0.25, 0.3) is 11.5 Å². The molecule has 1 N–H and O–H groups in total. The van der Waals surface area contributed by atoms with Crippen molar-refractivity contribution in [3.63, 3.8) is 0 Å². The van der Waals surface area contributed by atoms with Crippen LogP contribution in [-0.4, -0.2) is 29.9 Å². The zero-order valence-electron chi connectivity index (χ0n) is 10.8. The molecule has 0 radical (unpaired) electrons. The number of phenolic OH excluding ortho intramolecular Hbond substituents is 1. The van der Waals surface area contributed by atoms with E-state index >= 15 is 0 Å². The average Bonchev–Trinajstić information content (AvgIpc) is 2.79. The highest BCUT2D eigenvalue weighted by atomic mass is 32.2. The van der Waals surface area contributed by atoms with Crippen molar-refractivity contribution in [1.82, 2.24) is 10.1 Å². The monoisotopic (exact) mass is 282 g/mol. The number of hydrogen-bond acceptors (Lipinski definition) is 6. The fourth-order valence-electron chi connectivity index (χ4n) is 1.50. The number of phenols is 1. The third-order valence-corrected chi connectivity index (χ3v) is 4.39. The second-order valence-electron chi connectivity index (χ2n) is 4.43. The van der Waals surface area contributed by atoms with Crippen LogP contribution in [0.1, 0.15) is 23.6 Å². The molecule has 2 rings (SSSR count). The number of hydrogen-bond donors (Lipinski definition) is 1. The normalized spacial score (nSPS) is 13.4. The summed E-state index contributed by atoms with van der Waals surface area (Å²) in [6.07, 6.45) is 1.12. The van der Waals surface area contributed by atoms with Crippen LogP contribution < -0.4 is 0 Å². The molecule has 1 atom stereocenters. The molecule has 0 spiro atoms. The predicted octanol–water partition coefficient (Wildman–Crippen LogP) is 1.86. The Bertz CT molecular complexity index is 706. The number of benzene rings is 1. The minimum Gasteiger partial charge on any atom is -0.508 e. The maximum absolute atomic E-state index is 11.4. The first-order valence-electron chi connectivity index (χ1n) is 5.61. The van der Waals surface area contributed by atoms with Gasteiger partial charge in [-0.05, 0) is 37.6 Å². The Kier molecular flexibility index (Phi) is 3.32. The van der Waals surface area contributed by atoms with Crippen molar-refractivity contribution < 1.29 is 18.0 Å². The third-order valence-electron chi connectivity index (χ3n) is 2.89. The molecule has 0 fully saturated rings. The average molecular weight is 282 g/mol. The van der Waals surface area contributed by atoms with Crippen molar-refractivity contribution in [2.24, 2.45) is 0 Å². The van der Waals surface area contributed by atoms with Gasteiger partial charge in [-0.2, -0.15) is 4.98 Å². The van der Waals surface area contributed by atoms with Crippen LogP contribution in [0.4, 0.5) is 0 Å². The fourth-order valence-corrected chi connectivity index (χ4v) is 1.98. The number of sulfone groups is 1. The van der Waals surface area contributed by atoms with Crippen molar-refractivity contribution in [1.29, 1.82) is 0 Å². The lowest BCUT2D eigenvalue weighted by molar-refractivity contribution is 0.421. The number of nitrogens with zero attached hydrogens (tertiary/aromatic N) is 2. The lowest BCUT2D eigenvalue weighted by Crippen LogP contribution is -2.09. The van der Waals surface area contributed by atoms with E-state index in [4.69, 9.17) is 4.52 Å². The summed E-state index contributed by atoms with van der Waals surface area (Å²) >= 11 is 0.